The van der Waals surface area contributed by atoms with Crippen LogP contribution in [-0.4, -0.2) is 51.5 Å². The molecule has 1 aliphatic heterocycles. The van der Waals surface area contributed by atoms with Crippen molar-refractivity contribution in [3.05, 3.63) is 0 Å². The van der Waals surface area contributed by atoms with Crippen LogP contribution in [0.3, 0.4) is 0 Å². The molecule has 0 atom stereocenters. The summed E-state index contributed by atoms with van der Waals surface area (Å²) >= 11 is 0. The van der Waals surface area contributed by atoms with Crippen LogP contribution >= 0.6 is 0 Å². The van der Waals surface area contributed by atoms with Crippen LogP contribution in [0.5, 0.6) is 0 Å². The van der Waals surface area contributed by atoms with Crippen molar-refractivity contribution in [1.82, 2.24) is 4.90 Å². The van der Waals surface area contributed by atoms with Gasteiger partial charge in [0.05, 0.1) is 18.9 Å². The lowest BCUT2D eigenvalue weighted by atomic mass is 10.1. The standard InChI is InChI=1S/C8H14F3NO3S/c1-16(13,14)15-7-2-4-12(5-3-7)6-8(9,10)11/h7H,2-6H2,1H3. The molecule has 0 saturated carbocycles. The van der Waals surface area contributed by atoms with Crippen molar-refractivity contribution in [3.63, 3.8) is 0 Å². The average Bonchev–Trinajstić information content (AvgIpc) is 2.03. The first kappa shape index (κ1) is 13.7. The maximum absolute atomic E-state index is 12.0. The van der Waals surface area contributed by atoms with E-state index in [1.54, 1.807) is 0 Å². The fourth-order valence-electron chi connectivity index (χ4n) is 1.66. The fraction of sp³-hybridized carbons (Fsp3) is 1.00. The van der Waals surface area contributed by atoms with Crippen molar-refractivity contribution in [2.24, 2.45) is 0 Å². The van der Waals surface area contributed by atoms with Crippen molar-refractivity contribution < 1.29 is 25.8 Å². The molecular formula is C8H14F3NO3S. The van der Waals surface area contributed by atoms with Crippen molar-refractivity contribution in [2.75, 3.05) is 25.9 Å². The summed E-state index contributed by atoms with van der Waals surface area (Å²) in [4.78, 5) is 1.25. The van der Waals surface area contributed by atoms with E-state index >= 15 is 0 Å². The number of nitrogens with zero attached hydrogens (tertiary/aromatic N) is 1. The highest BCUT2D eigenvalue weighted by atomic mass is 32.2. The number of alkyl halides is 3. The van der Waals surface area contributed by atoms with Crippen LogP contribution in [0.4, 0.5) is 13.2 Å². The van der Waals surface area contributed by atoms with Crippen LogP contribution in [0, 0.1) is 0 Å². The Labute approximate surface area is 92.5 Å². The van der Waals surface area contributed by atoms with E-state index in [0.29, 0.717) is 12.8 Å². The summed E-state index contributed by atoms with van der Waals surface area (Å²) in [6, 6.07) is 0. The van der Waals surface area contributed by atoms with Crippen LogP contribution in [0.2, 0.25) is 0 Å². The van der Waals surface area contributed by atoms with Gasteiger partial charge in [0.1, 0.15) is 0 Å². The molecule has 0 aromatic carbocycles. The molecule has 0 aromatic heterocycles. The number of piperidine rings is 1. The van der Waals surface area contributed by atoms with E-state index in [2.05, 4.69) is 0 Å². The summed E-state index contributed by atoms with van der Waals surface area (Å²) in [7, 11) is -3.52. The lowest BCUT2D eigenvalue weighted by Crippen LogP contribution is -2.42. The molecule has 0 aromatic rings. The maximum atomic E-state index is 12.0. The third-order valence-corrected chi connectivity index (χ3v) is 2.87. The highest BCUT2D eigenvalue weighted by Gasteiger charge is 2.33. The first-order chi connectivity index (χ1) is 7.16. The maximum Gasteiger partial charge on any atom is 0.401 e. The Hall–Kier alpha value is -0.340. The van der Waals surface area contributed by atoms with Crippen molar-refractivity contribution in [2.45, 2.75) is 25.1 Å². The second kappa shape index (κ2) is 4.89. The van der Waals surface area contributed by atoms with Gasteiger partial charge in [-0.3, -0.25) is 9.08 Å². The molecule has 0 radical (unpaired) electrons. The number of rotatable bonds is 3. The summed E-state index contributed by atoms with van der Waals surface area (Å²) in [5, 5.41) is 0. The minimum Gasteiger partial charge on any atom is -0.295 e. The topological polar surface area (TPSA) is 46.6 Å². The number of halogens is 3. The molecule has 4 nitrogen and oxygen atoms in total. The first-order valence-corrected chi connectivity index (χ1v) is 6.65. The molecule has 0 spiro atoms. The lowest BCUT2D eigenvalue weighted by Gasteiger charge is -2.31. The normalized spacial score (nSPS) is 21.2. The molecule has 8 heteroatoms. The van der Waals surface area contributed by atoms with Gasteiger partial charge in [-0.1, -0.05) is 0 Å². The van der Waals surface area contributed by atoms with Gasteiger partial charge in [0, 0.05) is 13.1 Å². The van der Waals surface area contributed by atoms with Crippen molar-refractivity contribution >= 4 is 10.1 Å². The predicted molar refractivity (Wildman–Crippen MR) is 51.4 cm³/mol. The van der Waals surface area contributed by atoms with E-state index in [1.165, 1.54) is 4.90 Å². The molecule has 0 N–H and O–H groups in total. The van der Waals surface area contributed by atoms with Crippen molar-refractivity contribution in [1.29, 1.82) is 0 Å². The molecule has 1 fully saturated rings. The van der Waals surface area contributed by atoms with Gasteiger partial charge in [-0.25, -0.2) is 0 Å². The Morgan fingerprint density at radius 2 is 1.81 bits per heavy atom. The number of hydrogen-bond acceptors (Lipinski definition) is 4. The molecule has 0 amide bonds. The van der Waals surface area contributed by atoms with Crippen LogP contribution in [0.1, 0.15) is 12.8 Å². The minimum atomic E-state index is -4.20. The van der Waals surface area contributed by atoms with Crippen LogP contribution in [0.15, 0.2) is 0 Å². The SMILES string of the molecule is CS(=O)(=O)OC1CCN(CC(F)(F)F)CC1. The minimum absolute atomic E-state index is 0.208. The molecule has 1 aliphatic rings. The van der Waals surface area contributed by atoms with Gasteiger partial charge in [-0.15, -0.1) is 0 Å². The first-order valence-electron chi connectivity index (χ1n) is 4.83. The lowest BCUT2D eigenvalue weighted by molar-refractivity contribution is -0.149. The van der Waals surface area contributed by atoms with E-state index in [0.717, 1.165) is 6.26 Å². The number of hydrogen-bond donors (Lipinski definition) is 0. The quantitative estimate of drug-likeness (QED) is 0.711. The molecule has 1 heterocycles. The monoisotopic (exact) mass is 261 g/mol. The van der Waals surface area contributed by atoms with E-state index in [-0.39, 0.29) is 13.1 Å². The molecule has 0 bridgehead atoms. The summed E-state index contributed by atoms with van der Waals surface area (Å²) in [6.45, 7) is -0.530. The summed E-state index contributed by atoms with van der Waals surface area (Å²) in [6.07, 6.45) is -3.13. The molecule has 96 valence electrons. The zero-order chi connectivity index (χ0) is 12.4. The summed E-state index contributed by atoms with van der Waals surface area (Å²) in [5.41, 5.74) is 0. The molecule has 0 unspecified atom stereocenters. The van der Waals surface area contributed by atoms with E-state index < -0.39 is 28.9 Å². The largest absolute Gasteiger partial charge is 0.401 e. The second-order valence-electron chi connectivity index (χ2n) is 3.89. The van der Waals surface area contributed by atoms with Gasteiger partial charge < -0.3 is 0 Å². The molecule has 16 heavy (non-hydrogen) atoms. The van der Waals surface area contributed by atoms with Gasteiger partial charge in [0.15, 0.2) is 0 Å². The zero-order valence-electron chi connectivity index (χ0n) is 8.83. The smallest absolute Gasteiger partial charge is 0.295 e. The Kier molecular flexibility index (Phi) is 4.19. The number of likely N-dealkylation sites (tertiary alicyclic amines) is 1. The Morgan fingerprint density at radius 1 is 1.31 bits per heavy atom. The second-order valence-corrected chi connectivity index (χ2v) is 5.49. The van der Waals surface area contributed by atoms with E-state index in [9.17, 15) is 21.6 Å². The third kappa shape index (κ3) is 5.66. The van der Waals surface area contributed by atoms with Gasteiger partial charge in [-0.2, -0.15) is 21.6 Å². The highest BCUT2D eigenvalue weighted by molar-refractivity contribution is 7.86. The average molecular weight is 261 g/mol. The Bertz CT molecular complexity index is 320. The Balaban J connectivity index is 2.34. The molecule has 1 rings (SSSR count). The molecular weight excluding hydrogens is 247 g/mol. The summed E-state index contributed by atoms with van der Waals surface area (Å²) < 4.78 is 62.4. The summed E-state index contributed by atoms with van der Waals surface area (Å²) in [5.74, 6) is 0. The van der Waals surface area contributed by atoms with Crippen LogP contribution in [-0.2, 0) is 14.3 Å². The molecule has 1 saturated heterocycles. The van der Waals surface area contributed by atoms with E-state index in [1.807, 2.05) is 0 Å². The van der Waals surface area contributed by atoms with Crippen molar-refractivity contribution in [3.8, 4) is 0 Å². The Morgan fingerprint density at radius 3 is 2.19 bits per heavy atom. The van der Waals surface area contributed by atoms with Gasteiger partial charge in [0.2, 0.25) is 0 Å². The third-order valence-electron chi connectivity index (χ3n) is 2.25. The highest BCUT2D eigenvalue weighted by Crippen LogP contribution is 2.21. The molecule has 0 aliphatic carbocycles. The van der Waals surface area contributed by atoms with Crippen LogP contribution < -0.4 is 0 Å². The van der Waals surface area contributed by atoms with Crippen LogP contribution in [0.25, 0.3) is 0 Å². The van der Waals surface area contributed by atoms with Gasteiger partial charge in [0.25, 0.3) is 10.1 Å². The zero-order valence-corrected chi connectivity index (χ0v) is 9.64. The predicted octanol–water partition coefficient (Wildman–Crippen LogP) is 0.989. The van der Waals surface area contributed by atoms with Gasteiger partial charge in [-0.05, 0) is 12.8 Å². The van der Waals surface area contributed by atoms with E-state index in [4.69, 9.17) is 4.18 Å². The fourth-order valence-corrected chi connectivity index (χ4v) is 2.35. The van der Waals surface area contributed by atoms with Gasteiger partial charge >= 0.3 is 6.18 Å².